The minimum absolute atomic E-state index is 0.369. The first-order valence-corrected chi connectivity index (χ1v) is 11.3. The molecule has 1 amide bonds. The van der Waals surface area contributed by atoms with Crippen LogP contribution in [-0.2, 0) is 14.3 Å². The number of carbonyl (C=O) groups is 2. The highest BCUT2D eigenvalue weighted by atomic mass is 16.5. The predicted octanol–water partition coefficient (Wildman–Crippen LogP) is 4.50. The van der Waals surface area contributed by atoms with Gasteiger partial charge in [-0.2, -0.15) is 5.26 Å². The lowest BCUT2D eigenvalue weighted by molar-refractivity contribution is -0.157. The van der Waals surface area contributed by atoms with E-state index in [0.717, 1.165) is 31.2 Å². The smallest absolute Gasteiger partial charge is 0.331 e. The normalized spacial score (nSPS) is 16.1. The molecule has 1 aliphatic rings. The van der Waals surface area contributed by atoms with Crippen LogP contribution in [0, 0.1) is 11.3 Å². The van der Waals surface area contributed by atoms with Crippen molar-refractivity contribution in [1.29, 1.82) is 5.26 Å². The number of nitrogens with zero attached hydrogens (tertiary/aromatic N) is 2. The van der Waals surface area contributed by atoms with E-state index in [9.17, 15) is 14.9 Å². The van der Waals surface area contributed by atoms with Crippen molar-refractivity contribution in [2.45, 2.75) is 70.9 Å². The molecule has 7 heteroatoms. The Morgan fingerprint density at radius 3 is 2.53 bits per heavy atom. The minimum atomic E-state index is -0.979. The fourth-order valence-corrected chi connectivity index (χ4v) is 3.80. The number of carbonyl (C=O) groups excluding carboxylic acids is 2. The largest absolute Gasteiger partial charge is 0.490 e. The molecular formula is C25H34N2O5. The summed E-state index contributed by atoms with van der Waals surface area (Å²) in [5.74, 6) is 0.269. The second kappa shape index (κ2) is 12.1. The van der Waals surface area contributed by atoms with Crippen LogP contribution in [0.5, 0.6) is 11.5 Å². The van der Waals surface area contributed by atoms with Crippen molar-refractivity contribution in [2.75, 3.05) is 20.3 Å². The molecule has 2 rings (SSSR count). The highest BCUT2D eigenvalue weighted by Gasteiger charge is 2.40. The molecular weight excluding hydrogens is 408 g/mol. The number of rotatable bonds is 10. The van der Waals surface area contributed by atoms with Crippen LogP contribution in [0.2, 0.25) is 0 Å². The molecule has 0 spiro atoms. The molecule has 0 aliphatic heterocycles. The van der Waals surface area contributed by atoms with Crippen LogP contribution in [0.1, 0.15) is 64.9 Å². The van der Waals surface area contributed by atoms with Gasteiger partial charge in [0.25, 0.3) is 5.91 Å². The summed E-state index contributed by atoms with van der Waals surface area (Å²) in [6.45, 7) is 6.54. The maximum Gasteiger partial charge on any atom is 0.331 e. The van der Waals surface area contributed by atoms with Crippen molar-refractivity contribution in [1.82, 2.24) is 4.90 Å². The van der Waals surface area contributed by atoms with Crippen molar-refractivity contribution in [3.63, 3.8) is 0 Å². The molecule has 1 aliphatic carbocycles. The number of hydrogen-bond donors (Lipinski definition) is 0. The Balaban J connectivity index is 2.01. The monoisotopic (exact) mass is 442 g/mol. The Morgan fingerprint density at radius 1 is 1.19 bits per heavy atom. The molecule has 1 atom stereocenters. The van der Waals surface area contributed by atoms with E-state index in [1.165, 1.54) is 17.9 Å². The number of nitriles is 1. The molecule has 32 heavy (non-hydrogen) atoms. The third-order valence-electron chi connectivity index (χ3n) is 5.64. The van der Waals surface area contributed by atoms with Crippen LogP contribution in [-0.4, -0.2) is 48.7 Å². The van der Waals surface area contributed by atoms with Crippen LogP contribution < -0.4 is 9.47 Å². The lowest BCUT2D eigenvalue weighted by atomic mass is 9.81. The van der Waals surface area contributed by atoms with E-state index < -0.39 is 17.6 Å². The summed E-state index contributed by atoms with van der Waals surface area (Å²) in [4.78, 5) is 26.6. The first-order chi connectivity index (χ1) is 15.4. The molecule has 174 valence electrons. The number of likely N-dealkylation sites (N-methyl/N-ethyl adjacent to an activating group) is 1. The second-order valence-corrected chi connectivity index (χ2v) is 8.00. The van der Waals surface area contributed by atoms with Gasteiger partial charge in [-0.05, 0) is 56.9 Å². The predicted molar refractivity (Wildman–Crippen MR) is 122 cm³/mol. The lowest BCUT2D eigenvalue weighted by Crippen LogP contribution is -2.53. The Bertz CT molecular complexity index is 852. The van der Waals surface area contributed by atoms with Crippen LogP contribution in [0.3, 0.4) is 0 Å². The summed E-state index contributed by atoms with van der Waals surface area (Å²) < 4.78 is 16.6. The topological polar surface area (TPSA) is 88.9 Å². The Kier molecular flexibility index (Phi) is 9.58. The highest BCUT2D eigenvalue weighted by Crippen LogP contribution is 2.33. The quantitative estimate of drug-likeness (QED) is 0.391. The number of hydrogen-bond acceptors (Lipinski definition) is 6. The highest BCUT2D eigenvalue weighted by molar-refractivity contribution is 5.90. The zero-order valence-electron chi connectivity index (χ0n) is 19.6. The van der Waals surface area contributed by atoms with Crippen LogP contribution in [0.4, 0.5) is 0 Å². The number of benzene rings is 1. The van der Waals surface area contributed by atoms with E-state index in [1.54, 1.807) is 25.3 Å². The van der Waals surface area contributed by atoms with Crippen LogP contribution in [0.25, 0.3) is 6.08 Å². The number of amides is 1. The average Bonchev–Trinajstić information content (AvgIpc) is 2.81. The second-order valence-electron chi connectivity index (χ2n) is 8.00. The van der Waals surface area contributed by atoms with Gasteiger partial charge < -0.3 is 19.1 Å². The summed E-state index contributed by atoms with van der Waals surface area (Å²) in [7, 11) is 1.62. The fraction of sp³-hybridized carbons (Fsp3) is 0.560. The van der Waals surface area contributed by atoms with E-state index in [-0.39, 0.29) is 5.91 Å². The van der Waals surface area contributed by atoms with Gasteiger partial charge in [0.05, 0.1) is 19.3 Å². The van der Waals surface area contributed by atoms with Gasteiger partial charge in [-0.1, -0.05) is 32.3 Å². The number of esters is 1. The van der Waals surface area contributed by atoms with Crippen molar-refractivity contribution < 1.29 is 23.8 Å². The molecule has 1 aromatic rings. The zero-order chi connectivity index (χ0) is 23.6. The van der Waals surface area contributed by atoms with E-state index in [1.807, 2.05) is 19.9 Å². The fourth-order valence-electron chi connectivity index (χ4n) is 3.80. The van der Waals surface area contributed by atoms with Crippen molar-refractivity contribution in [2.24, 2.45) is 0 Å². The molecule has 1 fully saturated rings. The summed E-state index contributed by atoms with van der Waals surface area (Å²) in [6.07, 6.45) is 6.97. The molecule has 0 saturated heterocycles. The molecule has 1 saturated carbocycles. The van der Waals surface area contributed by atoms with Crippen LogP contribution in [0.15, 0.2) is 24.3 Å². The third kappa shape index (κ3) is 6.49. The van der Waals surface area contributed by atoms with Gasteiger partial charge in [0, 0.05) is 13.1 Å². The van der Waals surface area contributed by atoms with Gasteiger partial charge in [-0.3, -0.25) is 4.79 Å². The minimum Gasteiger partial charge on any atom is -0.490 e. The SMILES string of the molecule is CCCOc1ccc(/C=C/C(=O)O[C@H](C)C(=O)N(C)C2(C#N)CCCCC2)cc1OCC. The summed E-state index contributed by atoms with van der Waals surface area (Å²) >= 11 is 0. The molecule has 7 nitrogen and oxygen atoms in total. The Labute approximate surface area is 190 Å². The van der Waals surface area contributed by atoms with Gasteiger partial charge in [-0.15, -0.1) is 0 Å². The summed E-state index contributed by atoms with van der Waals surface area (Å²) in [6, 6.07) is 7.73. The van der Waals surface area contributed by atoms with E-state index >= 15 is 0 Å². The molecule has 0 aromatic heterocycles. The first kappa shape index (κ1) is 25.3. The lowest BCUT2D eigenvalue weighted by Gasteiger charge is -2.39. The average molecular weight is 443 g/mol. The van der Waals surface area contributed by atoms with Crippen molar-refractivity contribution in [3.8, 4) is 17.6 Å². The molecule has 1 aromatic carbocycles. The standard InChI is InChI=1S/C25H34N2O5/c1-5-16-31-21-12-10-20(17-22(21)30-6-2)11-13-23(28)32-19(3)24(29)27(4)25(18-26)14-8-7-9-15-25/h10-13,17,19H,5-9,14-16H2,1-4H3/b13-11+/t19-/m1/s1. The van der Waals surface area contributed by atoms with Crippen molar-refractivity contribution >= 4 is 18.0 Å². The first-order valence-electron chi connectivity index (χ1n) is 11.3. The van der Waals surface area contributed by atoms with Gasteiger partial charge in [0.1, 0.15) is 5.54 Å². The van der Waals surface area contributed by atoms with E-state index in [0.29, 0.717) is 37.6 Å². The summed E-state index contributed by atoms with van der Waals surface area (Å²) in [5, 5.41) is 9.68. The molecule has 0 radical (unpaired) electrons. The molecule has 0 N–H and O–H groups in total. The van der Waals surface area contributed by atoms with Gasteiger partial charge >= 0.3 is 5.97 Å². The maximum absolute atomic E-state index is 12.8. The maximum atomic E-state index is 12.8. The number of ether oxygens (including phenoxy) is 3. The van der Waals surface area contributed by atoms with E-state index in [4.69, 9.17) is 14.2 Å². The Morgan fingerprint density at radius 2 is 1.91 bits per heavy atom. The van der Waals surface area contributed by atoms with Gasteiger partial charge in [0.15, 0.2) is 17.6 Å². The molecule has 0 bridgehead atoms. The van der Waals surface area contributed by atoms with Crippen molar-refractivity contribution in [3.05, 3.63) is 29.8 Å². The molecule has 0 unspecified atom stereocenters. The summed E-state index contributed by atoms with van der Waals surface area (Å²) in [5.41, 5.74) is -0.0701. The van der Waals surface area contributed by atoms with E-state index in [2.05, 4.69) is 6.07 Å². The Hall–Kier alpha value is -3.01. The zero-order valence-corrected chi connectivity index (χ0v) is 19.6. The van der Waals surface area contributed by atoms with Gasteiger partial charge in [-0.25, -0.2) is 4.79 Å². The van der Waals surface area contributed by atoms with Crippen LogP contribution >= 0.6 is 0 Å². The van der Waals surface area contributed by atoms with Gasteiger partial charge in [0.2, 0.25) is 0 Å². The third-order valence-corrected chi connectivity index (χ3v) is 5.64. The molecule has 0 heterocycles.